The fourth-order valence-corrected chi connectivity index (χ4v) is 0.904. The maximum absolute atomic E-state index is 3.05. The SMILES string of the molecule is CC#Cc1[c]cccc1C#CC. The van der Waals surface area contributed by atoms with E-state index in [4.69, 9.17) is 0 Å². The van der Waals surface area contributed by atoms with Gasteiger partial charge < -0.3 is 0 Å². The first-order valence-corrected chi connectivity index (χ1v) is 3.74. The van der Waals surface area contributed by atoms with Crippen LogP contribution in [0.1, 0.15) is 25.0 Å². The van der Waals surface area contributed by atoms with Gasteiger partial charge in [-0.2, -0.15) is 0 Å². The third-order valence-corrected chi connectivity index (χ3v) is 1.37. The second-order valence-electron chi connectivity index (χ2n) is 2.21. The van der Waals surface area contributed by atoms with Crippen molar-refractivity contribution in [3.05, 3.63) is 35.4 Å². The highest BCUT2D eigenvalue weighted by Crippen LogP contribution is 2.03. The maximum atomic E-state index is 3.05. The highest BCUT2D eigenvalue weighted by atomic mass is 13.9. The molecule has 57 valence electrons. The molecule has 0 amide bonds. The zero-order valence-corrected chi connectivity index (χ0v) is 7.23. The first kappa shape index (κ1) is 8.44. The molecule has 0 heterocycles. The van der Waals surface area contributed by atoms with Gasteiger partial charge in [0.2, 0.25) is 0 Å². The van der Waals surface area contributed by atoms with Crippen LogP contribution in [0.5, 0.6) is 0 Å². The normalized spacial score (nSPS) is 7.50. The van der Waals surface area contributed by atoms with Crippen LogP contribution in [0.4, 0.5) is 0 Å². The van der Waals surface area contributed by atoms with Crippen molar-refractivity contribution in [3.8, 4) is 23.7 Å². The first-order valence-electron chi connectivity index (χ1n) is 3.74. The fourth-order valence-electron chi connectivity index (χ4n) is 0.904. The van der Waals surface area contributed by atoms with Crippen LogP contribution >= 0.6 is 0 Å². The first-order chi connectivity index (χ1) is 5.88. The second kappa shape index (κ2) is 4.27. The van der Waals surface area contributed by atoms with Gasteiger partial charge in [0.1, 0.15) is 0 Å². The predicted molar refractivity (Wildman–Crippen MR) is 50.4 cm³/mol. The van der Waals surface area contributed by atoms with E-state index in [0.29, 0.717) is 0 Å². The molecule has 0 heteroatoms. The van der Waals surface area contributed by atoms with E-state index < -0.39 is 0 Å². The molecule has 0 aliphatic carbocycles. The Hall–Kier alpha value is -1.66. The molecule has 0 aliphatic rings. The van der Waals surface area contributed by atoms with Crippen molar-refractivity contribution in [2.24, 2.45) is 0 Å². The molecule has 0 spiro atoms. The molecule has 0 bridgehead atoms. The van der Waals surface area contributed by atoms with Crippen LogP contribution in [-0.4, -0.2) is 0 Å². The lowest BCUT2D eigenvalue weighted by Crippen LogP contribution is -1.81. The maximum Gasteiger partial charge on any atom is 0.0480 e. The standard InChI is InChI=1S/C12H9/c1-3-7-11-9-5-6-10-12(11)8-4-2/h5-6,9H,1-2H3. The third-order valence-electron chi connectivity index (χ3n) is 1.37. The van der Waals surface area contributed by atoms with E-state index in [1.165, 1.54) is 0 Å². The molecule has 1 aromatic rings. The molecular weight excluding hydrogens is 144 g/mol. The van der Waals surface area contributed by atoms with Gasteiger partial charge in [-0.05, 0) is 26.0 Å². The summed E-state index contributed by atoms with van der Waals surface area (Å²) in [6.45, 7) is 3.63. The van der Waals surface area contributed by atoms with Crippen molar-refractivity contribution in [1.29, 1.82) is 0 Å². The molecule has 0 fully saturated rings. The molecular formula is C12H9. The van der Waals surface area contributed by atoms with Gasteiger partial charge in [0.25, 0.3) is 0 Å². The van der Waals surface area contributed by atoms with Gasteiger partial charge >= 0.3 is 0 Å². The van der Waals surface area contributed by atoms with Crippen molar-refractivity contribution in [1.82, 2.24) is 0 Å². The average Bonchev–Trinajstić information content (AvgIpc) is 2.09. The summed E-state index contributed by atoms with van der Waals surface area (Å²) >= 11 is 0. The summed E-state index contributed by atoms with van der Waals surface area (Å²) in [6, 6.07) is 8.76. The molecule has 0 aliphatic heterocycles. The Morgan fingerprint density at radius 3 is 2.58 bits per heavy atom. The van der Waals surface area contributed by atoms with E-state index in [2.05, 4.69) is 29.7 Å². The van der Waals surface area contributed by atoms with Gasteiger partial charge in [-0.3, -0.25) is 0 Å². The fraction of sp³-hybridized carbons (Fsp3) is 0.167. The second-order valence-corrected chi connectivity index (χ2v) is 2.21. The van der Waals surface area contributed by atoms with Crippen LogP contribution in [0.3, 0.4) is 0 Å². The summed E-state index contributed by atoms with van der Waals surface area (Å²) in [4.78, 5) is 0. The zero-order valence-electron chi connectivity index (χ0n) is 7.23. The topological polar surface area (TPSA) is 0 Å². The summed E-state index contributed by atoms with van der Waals surface area (Å²) in [5.41, 5.74) is 1.84. The smallest absolute Gasteiger partial charge is 0.0480 e. The van der Waals surface area contributed by atoms with Crippen LogP contribution < -0.4 is 0 Å². The highest BCUT2D eigenvalue weighted by molar-refractivity contribution is 5.48. The van der Waals surface area contributed by atoms with E-state index >= 15 is 0 Å². The van der Waals surface area contributed by atoms with Crippen molar-refractivity contribution in [2.45, 2.75) is 13.8 Å². The molecule has 0 N–H and O–H groups in total. The molecule has 0 unspecified atom stereocenters. The molecule has 0 atom stereocenters. The Balaban J connectivity index is 3.20. The van der Waals surface area contributed by atoms with Crippen LogP contribution in [0, 0.1) is 29.7 Å². The van der Waals surface area contributed by atoms with Crippen LogP contribution in [0.2, 0.25) is 0 Å². The van der Waals surface area contributed by atoms with E-state index in [1.54, 1.807) is 0 Å². The molecule has 1 rings (SSSR count). The zero-order chi connectivity index (χ0) is 8.81. The Labute approximate surface area is 73.6 Å². The van der Waals surface area contributed by atoms with E-state index in [-0.39, 0.29) is 0 Å². The molecule has 0 saturated carbocycles. The molecule has 1 radical (unpaired) electrons. The summed E-state index contributed by atoms with van der Waals surface area (Å²) in [6.07, 6.45) is 0. The van der Waals surface area contributed by atoms with E-state index in [1.807, 2.05) is 32.0 Å². The van der Waals surface area contributed by atoms with Gasteiger partial charge in [0.05, 0.1) is 0 Å². The molecule has 12 heavy (non-hydrogen) atoms. The van der Waals surface area contributed by atoms with Gasteiger partial charge in [0.15, 0.2) is 0 Å². The Kier molecular flexibility index (Phi) is 3.00. The number of hydrogen-bond donors (Lipinski definition) is 0. The van der Waals surface area contributed by atoms with E-state index in [0.717, 1.165) is 11.1 Å². The summed E-state index contributed by atoms with van der Waals surface area (Å²) in [5.74, 6) is 11.6. The minimum atomic E-state index is 0.884. The quantitative estimate of drug-likeness (QED) is 0.501. The largest absolute Gasteiger partial charge is 0.101 e. The molecule has 0 saturated heterocycles. The third kappa shape index (κ3) is 1.91. The molecule has 0 nitrogen and oxygen atoms in total. The van der Waals surface area contributed by atoms with Gasteiger partial charge in [-0.15, -0.1) is 11.8 Å². The van der Waals surface area contributed by atoms with Crippen molar-refractivity contribution >= 4 is 0 Å². The van der Waals surface area contributed by atoms with Crippen LogP contribution in [0.25, 0.3) is 0 Å². The monoisotopic (exact) mass is 153 g/mol. The van der Waals surface area contributed by atoms with Crippen molar-refractivity contribution in [3.63, 3.8) is 0 Å². The van der Waals surface area contributed by atoms with Gasteiger partial charge in [-0.25, -0.2) is 0 Å². The lowest BCUT2D eigenvalue weighted by molar-refractivity contribution is 1.57. The Morgan fingerprint density at radius 1 is 1.17 bits per heavy atom. The average molecular weight is 153 g/mol. The minimum Gasteiger partial charge on any atom is -0.101 e. The summed E-state index contributed by atoms with van der Waals surface area (Å²) in [7, 11) is 0. The number of rotatable bonds is 0. The minimum absolute atomic E-state index is 0.884. The predicted octanol–water partition coefficient (Wildman–Crippen LogP) is 2.23. The van der Waals surface area contributed by atoms with Crippen LogP contribution in [-0.2, 0) is 0 Å². The Morgan fingerprint density at radius 2 is 1.92 bits per heavy atom. The lowest BCUT2D eigenvalue weighted by Gasteiger charge is -1.92. The van der Waals surface area contributed by atoms with Crippen molar-refractivity contribution in [2.75, 3.05) is 0 Å². The highest BCUT2D eigenvalue weighted by Gasteiger charge is 1.92. The Bertz CT molecular complexity index is 339. The summed E-state index contributed by atoms with van der Waals surface area (Å²) in [5, 5.41) is 0. The summed E-state index contributed by atoms with van der Waals surface area (Å²) < 4.78 is 0. The molecule has 1 aromatic carbocycles. The number of benzene rings is 1. The number of hydrogen-bond acceptors (Lipinski definition) is 0. The van der Waals surface area contributed by atoms with Gasteiger partial charge in [-0.1, -0.05) is 24.0 Å². The van der Waals surface area contributed by atoms with E-state index in [9.17, 15) is 0 Å². The van der Waals surface area contributed by atoms with Gasteiger partial charge in [0, 0.05) is 11.1 Å². The molecule has 0 aromatic heterocycles. The lowest BCUT2D eigenvalue weighted by atomic mass is 10.1. The van der Waals surface area contributed by atoms with Crippen LogP contribution in [0.15, 0.2) is 18.2 Å². The van der Waals surface area contributed by atoms with Crippen molar-refractivity contribution < 1.29 is 0 Å².